The number of carbonyl (C=O) groups excluding carboxylic acids is 4. The third-order valence-corrected chi connectivity index (χ3v) is 7.79. The zero-order valence-electron chi connectivity index (χ0n) is 19.5. The Balaban J connectivity index is 1.67. The van der Waals surface area contributed by atoms with E-state index in [1.165, 1.54) is 0 Å². The van der Waals surface area contributed by atoms with Gasteiger partial charge in [0.2, 0.25) is 5.79 Å². The fraction of sp³-hybridized carbons (Fsp3) is 0.600. The third kappa shape index (κ3) is 2.74. The molecule has 5 atom stereocenters. The Kier molecular flexibility index (Phi) is 5.15. The molecule has 4 fully saturated rings. The lowest BCUT2D eigenvalue weighted by atomic mass is 9.48. The van der Waals surface area contributed by atoms with Crippen molar-refractivity contribution in [1.29, 1.82) is 0 Å². The maximum Gasteiger partial charge on any atom is 0.323 e. The number of rotatable bonds is 5. The van der Waals surface area contributed by atoms with Gasteiger partial charge in [-0.3, -0.25) is 19.2 Å². The summed E-state index contributed by atoms with van der Waals surface area (Å²) in [5.41, 5.74) is -3.97. The van der Waals surface area contributed by atoms with Gasteiger partial charge in [0.15, 0.2) is 5.41 Å². The van der Waals surface area contributed by atoms with Crippen LogP contribution in [-0.4, -0.2) is 54.7 Å². The summed E-state index contributed by atoms with van der Waals surface area (Å²) in [6.45, 7) is 5.11. The molecule has 0 radical (unpaired) electrons. The molecule has 2 aliphatic heterocycles. The zero-order chi connectivity index (χ0) is 24.4. The van der Waals surface area contributed by atoms with Gasteiger partial charge in [-0.15, -0.1) is 0 Å². The number of hydrogen-bond donors (Lipinski definition) is 0. The van der Waals surface area contributed by atoms with E-state index >= 15 is 0 Å². The molecule has 9 nitrogen and oxygen atoms in total. The molecule has 4 aliphatic rings. The van der Waals surface area contributed by atoms with Gasteiger partial charge in [-0.05, 0) is 13.8 Å². The lowest BCUT2D eigenvalue weighted by Crippen LogP contribution is -2.83. The number of fused-ring (bicyclic) bond motifs is 1. The smallest absolute Gasteiger partial charge is 0.323 e. The number of ketones is 1. The molecule has 0 amide bonds. The Hall–Kier alpha value is -2.78. The summed E-state index contributed by atoms with van der Waals surface area (Å²) in [7, 11) is 0. The molecule has 182 valence electrons. The second kappa shape index (κ2) is 7.61. The van der Waals surface area contributed by atoms with E-state index < -0.39 is 52.1 Å². The van der Waals surface area contributed by atoms with Crippen molar-refractivity contribution in [3.63, 3.8) is 0 Å². The minimum atomic E-state index is -1.77. The van der Waals surface area contributed by atoms with Crippen LogP contribution in [-0.2, 0) is 48.6 Å². The van der Waals surface area contributed by atoms with E-state index in [-0.39, 0.29) is 44.9 Å². The Morgan fingerprint density at radius 1 is 0.971 bits per heavy atom. The van der Waals surface area contributed by atoms with E-state index in [1.807, 2.05) is 6.07 Å². The first kappa shape index (κ1) is 23.0. The second-order valence-electron chi connectivity index (χ2n) is 9.51. The van der Waals surface area contributed by atoms with Gasteiger partial charge in [-0.25, -0.2) is 0 Å². The highest BCUT2D eigenvalue weighted by atomic mass is 16.7. The van der Waals surface area contributed by atoms with E-state index in [4.69, 9.17) is 23.7 Å². The third-order valence-electron chi connectivity index (χ3n) is 7.79. The number of cyclic esters (lactones) is 1. The van der Waals surface area contributed by atoms with Crippen molar-refractivity contribution >= 4 is 23.7 Å². The van der Waals surface area contributed by atoms with Crippen LogP contribution < -0.4 is 0 Å². The molecule has 1 aromatic rings. The fourth-order valence-electron chi connectivity index (χ4n) is 6.55. The van der Waals surface area contributed by atoms with Gasteiger partial charge in [-0.2, -0.15) is 0 Å². The normalized spacial score (nSPS) is 37.4. The monoisotopic (exact) mass is 472 g/mol. The van der Waals surface area contributed by atoms with E-state index in [2.05, 4.69) is 0 Å². The molecule has 9 heteroatoms. The van der Waals surface area contributed by atoms with E-state index in [0.717, 1.165) is 0 Å². The molecule has 0 unspecified atom stereocenters. The highest BCUT2D eigenvalue weighted by molar-refractivity contribution is 6.03. The SMILES string of the molecule is CCOC(=O)C1(C(=O)OCC)C[C@]23OCCC(=O)[C@H]2[C@H]2C(=O)O[C@](C)(c4ccccc4)O[C@]23C1. The number of ether oxygens (including phenoxy) is 5. The van der Waals surface area contributed by atoms with Crippen molar-refractivity contribution in [2.24, 2.45) is 17.3 Å². The molecule has 34 heavy (non-hydrogen) atoms. The second-order valence-corrected chi connectivity index (χ2v) is 9.51. The summed E-state index contributed by atoms with van der Waals surface area (Å²) >= 11 is 0. The van der Waals surface area contributed by atoms with E-state index in [0.29, 0.717) is 5.56 Å². The molecule has 5 rings (SSSR count). The van der Waals surface area contributed by atoms with Crippen molar-refractivity contribution in [3.05, 3.63) is 35.9 Å². The number of Topliss-reactive ketones (excluding diaryl/α,β-unsaturated/α-hetero) is 1. The quantitative estimate of drug-likeness (QED) is 0.361. The van der Waals surface area contributed by atoms with Crippen LogP contribution in [0.25, 0.3) is 0 Å². The summed E-state index contributed by atoms with van der Waals surface area (Å²) < 4.78 is 29.3. The van der Waals surface area contributed by atoms with Crippen molar-refractivity contribution in [1.82, 2.24) is 0 Å². The lowest BCUT2D eigenvalue weighted by Gasteiger charge is -2.67. The average molecular weight is 472 g/mol. The van der Waals surface area contributed by atoms with Crippen LogP contribution in [0.1, 0.15) is 45.6 Å². The first-order chi connectivity index (χ1) is 16.2. The summed E-state index contributed by atoms with van der Waals surface area (Å²) in [4.78, 5) is 53.1. The molecule has 0 aromatic heterocycles. The van der Waals surface area contributed by atoms with Crippen LogP contribution in [0.5, 0.6) is 0 Å². The van der Waals surface area contributed by atoms with Gasteiger partial charge < -0.3 is 23.7 Å². The fourth-order valence-corrected chi connectivity index (χ4v) is 6.55. The summed E-state index contributed by atoms with van der Waals surface area (Å²) in [5, 5.41) is 0. The minimum Gasteiger partial charge on any atom is -0.465 e. The first-order valence-electron chi connectivity index (χ1n) is 11.7. The zero-order valence-corrected chi connectivity index (χ0v) is 19.5. The van der Waals surface area contributed by atoms with Gasteiger partial charge in [0, 0.05) is 31.7 Å². The predicted molar refractivity (Wildman–Crippen MR) is 114 cm³/mol. The first-order valence-corrected chi connectivity index (χ1v) is 11.7. The molecule has 2 spiro atoms. The van der Waals surface area contributed by atoms with Crippen LogP contribution in [0, 0.1) is 17.3 Å². The Morgan fingerprint density at radius 2 is 1.59 bits per heavy atom. The molecule has 1 aromatic carbocycles. The Bertz CT molecular complexity index is 1030. The Labute approximate surface area is 197 Å². The minimum absolute atomic E-state index is 0.0528. The molecule has 2 aliphatic carbocycles. The molecule has 2 heterocycles. The van der Waals surface area contributed by atoms with Gasteiger partial charge in [0.1, 0.15) is 22.9 Å². The van der Waals surface area contributed by atoms with Gasteiger partial charge >= 0.3 is 17.9 Å². The van der Waals surface area contributed by atoms with Gasteiger partial charge in [0.05, 0.1) is 25.7 Å². The topological polar surface area (TPSA) is 114 Å². The van der Waals surface area contributed by atoms with Crippen LogP contribution in [0.15, 0.2) is 30.3 Å². The van der Waals surface area contributed by atoms with Crippen LogP contribution in [0.2, 0.25) is 0 Å². The van der Waals surface area contributed by atoms with Crippen molar-refractivity contribution < 1.29 is 42.9 Å². The number of esters is 3. The standard InChI is InChI=1S/C25H28O9/c1-4-30-20(28)23(21(29)31-5-2)13-24-17(16(26)11-12-32-24)18-19(27)33-22(3,34-25(18,24)14-23)15-9-7-6-8-10-15/h6-10,17-18H,4-5,11-14H2,1-3H3/t17-,18-,22-,24-,25+/m0/s1. The maximum absolute atomic E-state index is 13.4. The van der Waals surface area contributed by atoms with Crippen LogP contribution in [0.3, 0.4) is 0 Å². The molecular weight excluding hydrogens is 444 g/mol. The number of carbonyl (C=O) groups is 4. The molecule has 0 N–H and O–H groups in total. The number of hydrogen-bond acceptors (Lipinski definition) is 9. The van der Waals surface area contributed by atoms with Crippen molar-refractivity contribution in [3.8, 4) is 0 Å². The number of benzene rings is 1. The summed E-state index contributed by atoms with van der Waals surface area (Å²) in [6, 6.07) is 8.93. The van der Waals surface area contributed by atoms with E-state index in [1.54, 1.807) is 45.0 Å². The highest BCUT2D eigenvalue weighted by Gasteiger charge is 2.89. The van der Waals surface area contributed by atoms with Gasteiger partial charge in [0.25, 0.3) is 0 Å². The molecule has 2 saturated carbocycles. The summed E-state index contributed by atoms with van der Waals surface area (Å²) in [6.07, 6.45) is -0.236. The largest absolute Gasteiger partial charge is 0.465 e. The van der Waals surface area contributed by atoms with E-state index in [9.17, 15) is 19.2 Å². The van der Waals surface area contributed by atoms with Gasteiger partial charge in [-0.1, -0.05) is 30.3 Å². The Morgan fingerprint density at radius 3 is 2.21 bits per heavy atom. The van der Waals surface area contributed by atoms with Crippen LogP contribution in [0.4, 0.5) is 0 Å². The van der Waals surface area contributed by atoms with Crippen molar-refractivity contribution in [2.75, 3.05) is 19.8 Å². The molecular formula is C25H28O9. The van der Waals surface area contributed by atoms with Crippen molar-refractivity contribution in [2.45, 2.75) is 57.0 Å². The maximum atomic E-state index is 13.4. The molecule has 0 bridgehead atoms. The predicted octanol–water partition coefficient (Wildman–Crippen LogP) is 2.05. The average Bonchev–Trinajstić information content (AvgIpc) is 2.99. The molecule has 2 saturated heterocycles. The highest BCUT2D eigenvalue weighted by Crippen LogP contribution is 2.74. The summed E-state index contributed by atoms with van der Waals surface area (Å²) in [5.74, 6) is -5.69. The lowest BCUT2D eigenvalue weighted by molar-refractivity contribution is -0.410. The van der Waals surface area contributed by atoms with Crippen LogP contribution >= 0.6 is 0 Å².